The third-order valence-corrected chi connectivity index (χ3v) is 5.70. The van der Waals surface area contributed by atoms with Crippen LogP contribution in [0.5, 0.6) is 5.75 Å². The SMILES string of the molecule is CC(C)CCC1=Cc2ccc(OCc3ccc(-c4ccccc4)cc3)cc2CC1. The highest BCUT2D eigenvalue weighted by Crippen LogP contribution is 2.30. The molecule has 3 aromatic rings. The van der Waals surface area contributed by atoms with E-state index in [0.717, 1.165) is 18.1 Å². The Balaban J connectivity index is 1.37. The van der Waals surface area contributed by atoms with Gasteiger partial charge in [0.05, 0.1) is 0 Å². The quantitative estimate of drug-likeness (QED) is 0.407. The highest BCUT2D eigenvalue weighted by atomic mass is 16.5. The molecule has 0 amide bonds. The second-order valence-corrected chi connectivity index (χ2v) is 8.45. The highest BCUT2D eigenvalue weighted by Gasteiger charge is 2.12. The first-order valence-electron chi connectivity index (χ1n) is 10.8. The highest BCUT2D eigenvalue weighted by molar-refractivity contribution is 5.63. The van der Waals surface area contributed by atoms with Crippen molar-refractivity contribution in [1.82, 2.24) is 0 Å². The van der Waals surface area contributed by atoms with Crippen molar-refractivity contribution in [3.8, 4) is 16.9 Å². The van der Waals surface area contributed by atoms with Gasteiger partial charge in [-0.15, -0.1) is 0 Å². The fraction of sp³-hybridized carbons (Fsp3) is 0.286. The van der Waals surface area contributed by atoms with E-state index in [-0.39, 0.29) is 0 Å². The Morgan fingerprint density at radius 3 is 2.34 bits per heavy atom. The maximum Gasteiger partial charge on any atom is 0.120 e. The zero-order valence-electron chi connectivity index (χ0n) is 17.5. The van der Waals surface area contributed by atoms with E-state index in [1.165, 1.54) is 47.1 Å². The number of fused-ring (bicyclic) bond motifs is 1. The van der Waals surface area contributed by atoms with Crippen LogP contribution in [0.3, 0.4) is 0 Å². The zero-order valence-corrected chi connectivity index (χ0v) is 17.5. The summed E-state index contributed by atoms with van der Waals surface area (Å²) in [7, 11) is 0. The molecule has 1 heteroatoms. The number of hydrogen-bond donors (Lipinski definition) is 0. The lowest BCUT2D eigenvalue weighted by molar-refractivity contribution is 0.306. The number of aryl methyl sites for hydroxylation is 1. The van der Waals surface area contributed by atoms with Crippen LogP contribution in [0.2, 0.25) is 0 Å². The normalized spacial score (nSPS) is 13.1. The lowest BCUT2D eigenvalue weighted by atomic mass is 9.89. The molecule has 0 fully saturated rings. The fourth-order valence-corrected chi connectivity index (χ4v) is 3.88. The summed E-state index contributed by atoms with van der Waals surface area (Å²) in [4.78, 5) is 0. The first-order valence-corrected chi connectivity index (χ1v) is 10.8. The minimum atomic E-state index is 0.601. The van der Waals surface area contributed by atoms with Gasteiger partial charge < -0.3 is 4.74 Å². The van der Waals surface area contributed by atoms with E-state index >= 15 is 0 Å². The molecule has 0 unspecified atom stereocenters. The van der Waals surface area contributed by atoms with Crippen molar-refractivity contribution >= 4 is 6.08 Å². The molecule has 148 valence electrons. The van der Waals surface area contributed by atoms with Gasteiger partial charge in [0.15, 0.2) is 0 Å². The zero-order chi connectivity index (χ0) is 20.1. The fourth-order valence-electron chi connectivity index (χ4n) is 3.88. The summed E-state index contributed by atoms with van der Waals surface area (Å²) >= 11 is 0. The molecule has 0 atom stereocenters. The summed E-state index contributed by atoms with van der Waals surface area (Å²) in [5, 5.41) is 0. The minimum absolute atomic E-state index is 0.601. The van der Waals surface area contributed by atoms with E-state index in [9.17, 15) is 0 Å². The predicted molar refractivity (Wildman–Crippen MR) is 123 cm³/mol. The molecule has 0 saturated carbocycles. The molecule has 4 rings (SSSR count). The van der Waals surface area contributed by atoms with Crippen molar-refractivity contribution < 1.29 is 4.74 Å². The molecule has 29 heavy (non-hydrogen) atoms. The van der Waals surface area contributed by atoms with Gasteiger partial charge in [-0.3, -0.25) is 0 Å². The molecule has 0 heterocycles. The van der Waals surface area contributed by atoms with E-state index in [4.69, 9.17) is 4.74 Å². The molecule has 0 bridgehead atoms. The Kier molecular flexibility index (Phi) is 6.14. The first kappa shape index (κ1) is 19.5. The van der Waals surface area contributed by atoms with Crippen molar-refractivity contribution in [2.24, 2.45) is 5.92 Å². The van der Waals surface area contributed by atoms with E-state index in [1.54, 1.807) is 5.57 Å². The molecule has 0 aliphatic heterocycles. The Bertz CT molecular complexity index is 965. The summed E-state index contributed by atoms with van der Waals surface area (Å²) in [5.74, 6) is 1.74. The van der Waals surface area contributed by atoms with Gasteiger partial charge >= 0.3 is 0 Å². The first-order chi connectivity index (χ1) is 14.2. The van der Waals surface area contributed by atoms with Crippen molar-refractivity contribution in [3.05, 3.63) is 95.1 Å². The number of allylic oxidation sites excluding steroid dienone is 1. The van der Waals surface area contributed by atoms with Gasteiger partial charge in [-0.1, -0.05) is 86.2 Å². The molecular weight excluding hydrogens is 352 g/mol. The Morgan fingerprint density at radius 2 is 1.59 bits per heavy atom. The molecule has 1 aliphatic carbocycles. The summed E-state index contributed by atoms with van der Waals surface area (Å²) < 4.78 is 6.09. The van der Waals surface area contributed by atoms with Crippen LogP contribution in [0.25, 0.3) is 17.2 Å². The number of rotatable bonds is 7. The average molecular weight is 383 g/mol. The van der Waals surface area contributed by atoms with Crippen LogP contribution >= 0.6 is 0 Å². The molecule has 3 aromatic carbocycles. The molecule has 0 spiro atoms. The largest absolute Gasteiger partial charge is 0.489 e. The molecule has 0 aromatic heterocycles. The molecule has 1 aliphatic rings. The lowest BCUT2D eigenvalue weighted by Crippen LogP contribution is -2.02. The lowest BCUT2D eigenvalue weighted by Gasteiger charge is -2.18. The van der Waals surface area contributed by atoms with Crippen molar-refractivity contribution in [3.63, 3.8) is 0 Å². The van der Waals surface area contributed by atoms with Crippen LogP contribution in [0.1, 0.15) is 49.8 Å². The van der Waals surface area contributed by atoms with Crippen LogP contribution in [0.4, 0.5) is 0 Å². The van der Waals surface area contributed by atoms with Crippen molar-refractivity contribution in [1.29, 1.82) is 0 Å². The van der Waals surface area contributed by atoms with E-state index in [0.29, 0.717) is 6.61 Å². The van der Waals surface area contributed by atoms with Crippen LogP contribution in [0, 0.1) is 5.92 Å². The summed E-state index contributed by atoms with van der Waals surface area (Å²) in [6.07, 6.45) is 7.22. The standard InChI is InChI=1S/C28H30O/c1-21(2)8-9-22-10-15-27-19-28(17-16-26(27)18-22)29-20-23-11-13-25(14-12-23)24-6-4-3-5-7-24/h3-7,11-14,16-19,21H,8-10,15,20H2,1-2H3. The Hall–Kier alpha value is -2.80. The van der Waals surface area contributed by atoms with Gasteiger partial charge in [0.2, 0.25) is 0 Å². The predicted octanol–water partition coefficient (Wildman–Crippen LogP) is 7.70. The summed E-state index contributed by atoms with van der Waals surface area (Å²) in [5.41, 5.74) is 8.06. The van der Waals surface area contributed by atoms with Gasteiger partial charge in [0, 0.05) is 0 Å². The monoisotopic (exact) mass is 382 g/mol. The second-order valence-electron chi connectivity index (χ2n) is 8.45. The van der Waals surface area contributed by atoms with Crippen LogP contribution < -0.4 is 4.74 Å². The van der Waals surface area contributed by atoms with Crippen molar-refractivity contribution in [2.45, 2.75) is 46.1 Å². The van der Waals surface area contributed by atoms with Gasteiger partial charge in [-0.05, 0) is 71.6 Å². The van der Waals surface area contributed by atoms with Crippen LogP contribution in [-0.4, -0.2) is 0 Å². The van der Waals surface area contributed by atoms with Crippen molar-refractivity contribution in [2.75, 3.05) is 0 Å². The molecule has 0 saturated heterocycles. The smallest absolute Gasteiger partial charge is 0.120 e. The second kappa shape index (κ2) is 9.13. The van der Waals surface area contributed by atoms with E-state index < -0.39 is 0 Å². The summed E-state index contributed by atoms with van der Waals surface area (Å²) in [6.45, 7) is 5.20. The van der Waals surface area contributed by atoms with Crippen LogP contribution in [0.15, 0.2) is 78.4 Å². The van der Waals surface area contributed by atoms with Gasteiger partial charge in [-0.25, -0.2) is 0 Å². The number of hydrogen-bond acceptors (Lipinski definition) is 1. The van der Waals surface area contributed by atoms with Crippen LogP contribution in [-0.2, 0) is 13.0 Å². The van der Waals surface area contributed by atoms with Gasteiger partial charge in [0.1, 0.15) is 12.4 Å². The maximum absolute atomic E-state index is 6.09. The number of benzene rings is 3. The topological polar surface area (TPSA) is 9.23 Å². The van der Waals surface area contributed by atoms with E-state index in [2.05, 4.69) is 86.7 Å². The molecular formula is C28H30O. The molecule has 0 radical (unpaired) electrons. The third-order valence-electron chi connectivity index (χ3n) is 5.70. The minimum Gasteiger partial charge on any atom is -0.489 e. The Morgan fingerprint density at radius 1 is 0.828 bits per heavy atom. The van der Waals surface area contributed by atoms with Gasteiger partial charge in [-0.2, -0.15) is 0 Å². The molecule has 1 nitrogen and oxygen atoms in total. The Labute approximate surface area is 175 Å². The maximum atomic E-state index is 6.09. The third kappa shape index (κ3) is 5.17. The average Bonchev–Trinajstić information content (AvgIpc) is 2.77. The summed E-state index contributed by atoms with van der Waals surface area (Å²) in [6, 6.07) is 25.7. The van der Waals surface area contributed by atoms with Gasteiger partial charge in [0.25, 0.3) is 0 Å². The van der Waals surface area contributed by atoms with E-state index in [1.807, 2.05) is 6.07 Å². The number of ether oxygens (including phenoxy) is 1. The molecule has 0 N–H and O–H groups in total.